The van der Waals surface area contributed by atoms with Crippen LogP contribution in [0.15, 0.2) is 48.8 Å². The summed E-state index contributed by atoms with van der Waals surface area (Å²) in [6, 6.07) is 11.9. The third-order valence-corrected chi connectivity index (χ3v) is 3.40. The second-order valence-electron chi connectivity index (χ2n) is 4.83. The molecule has 0 saturated heterocycles. The summed E-state index contributed by atoms with van der Waals surface area (Å²) in [7, 11) is 1.70. The molecule has 0 fully saturated rings. The molecule has 0 aliphatic heterocycles. The molecule has 108 valence electrons. The molecule has 2 aromatic heterocycles. The Morgan fingerprint density at radius 2 is 2.14 bits per heavy atom. The van der Waals surface area contributed by atoms with Gasteiger partial charge in [-0.2, -0.15) is 0 Å². The van der Waals surface area contributed by atoms with E-state index < -0.39 is 0 Å². The summed E-state index contributed by atoms with van der Waals surface area (Å²) in [6.45, 7) is 1.28. The number of nitrogens with one attached hydrogen (secondary N) is 1. The number of fused-ring (bicyclic) bond motifs is 1. The van der Waals surface area contributed by atoms with Crippen LogP contribution in [0.1, 0.15) is 11.3 Å². The molecule has 0 aliphatic rings. The average Bonchev–Trinajstić information content (AvgIpc) is 2.88. The molecule has 3 aromatic rings. The Hall–Kier alpha value is -2.04. The fourth-order valence-electron chi connectivity index (χ4n) is 2.23. The predicted octanol–water partition coefficient (Wildman–Crippen LogP) is 3.75. The van der Waals surface area contributed by atoms with Crippen molar-refractivity contribution in [2.24, 2.45) is 0 Å². The van der Waals surface area contributed by atoms with Gasteiger partial charge in [0.2, 0.25) is 0 Å². The minimum atomic E-state index is 0.613. The highest BCUT2D eigenvalue weighted by Crippen LogP contribution is 2.15. The van der Waals surface area contributed by atoms with Crippen molar-refractivity contribution in [3.63, 3.8) is 0 Å². The van der Waals surface area contributed by atoms with Crippen molar-refractivity contribution in [3.8, 4) is 0 Å². The highest BCUT2D eigenvalue weighted by molar-refractivity contribution is 6.30. The molecule has 0 bridgehead atoms. The molecule has 4 nitrogen and oxygen atoms in total. The zero-order chi connectivity index (χ0) is 14.7. The highest BCUT2D eigenvalue weighted by Gasteiger charge is 2.02. The van der Waals surface area contributed by atoms with Gasteiger partial charge in [0.15, 0.2) is 0 Å². The van der Waals surface area contributed by atoms with Crippen LogP contribution in [0.4, 0.5) is 5.69 Å². The fraction of sp³-hybridized carbons (Fsp3) is 0.188. The molecule has 0 unspecified atom stereocenters. The van der Waals surface area contributed by atoms with Gasteiger partial charge in [0.25, 0.3) is 0 Å². The largest absolute Gasteiger partial charge is 0.380 e. The summed E-state index contributed by atoms with van der Waals surface area (Å²) in [5, 5.41) is 4.07. The van der Waals surface area contributed by atoms with Crippen LogP contribution in [0.3, 0.4) is 0 Å². The van der Waals surface area contributed by atoms with Crippen LogP contribution in [0.25, 0.3) is 5.65 Å². The van der Waals surface area contributed by atoms with E-state index in [4.69, 9.17) is 16.3 Å². The van der Waals surface area contributed by atoms with E-state index in [9.17, 15) is 0 Å². The van der Waals surface area contributed by atoms with Gasteiger partial charge < -0.3 is 14.5 Å². The van der Waals surface area contributed by atoms with Gasteiger partial charge in [-0.3, -0.25) is 0 Å². The van der Waals surface area contributed by atoms with Crippen LogP contribution < -0.4 is 5.32 Å². The van der Waals surface area contributed by atoms with E-state index in [1.807, 2.05) is 47.1 Å². The molecule has 0 saturated carbocycles. The van der Waals surface area contributed by atoms with Gasteiger partial charge in [0.05, 0.1) is 23.9 Å². The van der Waals surface area contributed by atoms with Crippen molar-refractivity contribution in [1.82, 2.24) is 9.38 Å². The van der Waals surface area contributed by atoms with Crippen LogP contribution >= 0.6 is 11.6 Å². The van der Waals surface area contributed by atoms with Crippen molar-refractivity contribution < 1.29 is 4.74 Å². The summed E-state index contributed by atoms with van der Waals surface area (Å²) in [6.07, 6.45) is 3.83. The number of halogens is 1. The lowest BCUT2D eigenvalue weighted by atomic mass is 10.2. The molecular weight excluding hydrogens is 286 g/mol. The SMILES string of the molecule is COCc1cccc(NCc2cn3cc(Cl)ccc3n2)c1. The molecule has 0 atom stereocenters. The van der Waals surface area contributed by atoms with Gasteiger partial charge in [-0.15, -0.1) is 0 Å². The molecule has 0 radical (unpaired) electrons. The maximum atomic E-state index is 5.97. The molecular formula is C16H16ClN3O. The topological polar surface area (TPSA) is 38.6 Å². The number of hydrogen-bond donors (Lipinski definition) is 1. The van der Waals surface area contributed by atoms with Crippen LogP contribution in [0.5, 0.6) is 0 Å². The number of hydrogen-bond acceptors (Lipinski definition) is 3. The van der Waals surface area contributed by atoms with E-state index in [-0.39, 0.29) is 0 Å². The first kappa shape index (κ1) is 13.9. The number of benzene rings is 1. The van der Waals surface area contributed by atoms with E-state index >= 15 is 0 Å². The number of ether oxygens (including phenoxy) is 1. The highest BCUT2D eigenvalue weighted by atomic mass is 35.5. The maximum absolute atomic E-state index is 5.97. The third kappa shape index (κ3) is 3.35. The van der Waals surface area contributed by atoms with Crippen LogP contribution in [-0.2, 0) is 17.9 Å². The van der Waals surface area contributed by atoms with E-state index in [0.29, 0.717) is 18.2 Å². The maximum Gasteiger partial charge on any atom is 0.137 e. The number of rotatable bonds is 5. The van der Waals surface area contributed by atoms with Gasteiger partial charge in [-0.25, -0.2) is 4.98 Å². The second kappa shape index (κ2) is 6.16. The molecule has 1 aromatic carbocycles. The minimum Gasteiger partial charge on any atom is -0.380 e. The standard InChI is InChI=1S/C16H16ClN3O/c1-21-11-12-3-2-4-14(7-12)18-8-15-10-20-9-13(17)5-6-16(20)19-15/h2-7,9-10,18H,8,11H2,1H3. The van der Waals surface area contributed by atoms with Gasteiger partial charge in [0, 0.05) is 25.2 Å². The monoisotopic (exact) mass is 301 g/mol. The zero-order valence-corrected chi connectivity index (χ0v) is 12.5. The number of methoxy groups -OCH3 is 1. The molecule has 1 N–H and O–H groups in total. The van der Waals surface area contributed by atoms with E-state index in [1.165, 1.54) is 0 Å². The second-order valence-corrected chi connectivity index (χ2v) is 5.27. The summed E-state index contributed by atoms with van der Waals surface area (Å²) in [5.74, 6) is 0. The van der Waals surface area contributed by atoms with Crippen molar-refractivity contribution in [2.75, 3.05) is 12.4 Å². The van der Waals surface area contributed by atoms with Crippen molar-refractivity contribution in [3.05, 3.63) is 65.1 Å². The molecule has 5 heteroatoms. The summed E-state index contributed by atoms with van der Waals surface area (Å²) in [4.78, 5) is 4.54. The molecule has 0 spiro atoms. The third-order valence-electron chi connectivity index (χ3n) is 3.18. The molecule has 3 rings (SSSR count). The lowest BCUT2D eigenvalue weighted by molar-refractivity contribution is 0.185. The lowest BCUT2D eigenvalue weighted by Gasteiger charge is -2.06. The van der Waals surface area contributed by atoms with Gasteiger partial charge >= 0.3 is 0 Å². The number of pyridine rings is 1. The first-order valence-electron chi connectivity index (χ1n) is 6.69. The Labute approximate surface area is 128 Å². The first-order valence-corrected chi connectivity index (χ1v) is 7.07. The smallest absolute Gasteiger partial charge is 0.137 e. The Morgan fingerprint density at radius 1 is 1.24 bits per heavy atom. The van der Waals surface area contributed by atoms with Crippen LogP contribution in [0.2, 0.25) is 5.02 Å². The number of aromatic nitrogens is 2. The quantitative estimate of drug-likeness (QED) is 0.780. The molecule has 0 amide bonds. The fourth-order valence-corrected chi connectivity index (χ4v) is 2.40. The molecule has 2 heterocycles. The Balaban J connectivity index is 1.72. The lowest BCUT2D eigenvalue weighted by Crippen LogP contribution is -2.00. The normalized spacial score (nSPS) is 11.0. The first-order chi connectivity index (χ1) is 10.2. The van der Waals surface area contributed by atoms with Gasteiger partial charge in [-0.05, 0) is 29.8 Å². The van der Waals surface area contributed by atoms with Gasteiger partial charge in [0.1, 0.15) is 5.65 Å². The number of nitrogens with zero attached hydrogens (tertiary/aromatic N) is 2. The number of imidazole rings is 1. The van der Waals surface area contributed by atoms with E-state index in [1.54, 1.807) is 7.11 Å². The van der Waals surface area contributed by atoms with Crippen LogP contribution in [0, 0.1) is 0 Å². The van der Waals surface area contributed by atoms with Gasteiger partial charge in [-0.1, -0.05) is 23.7 Å². The predicted molar refractivity (Wildman–Crippen MR) is 84.7 cm³/mol. The van der Waals surface area contributed by atoms with E-state index in [2.05, 4.69) is 16.4 Å². The summed E-state index contributed by atoms with van der Waals surface area (Å²) < 4.78 is 7.07. The average molecular weight is 302 g/mol. The van der Waals surface area contributed by atoms with Crippen molar-refractivity contribution in [1.29, 1.82) is 0 Å². The Kier molecular flexibility index (Phi) is 4.08. The Bertz CT molecular complexity index is 754. The molecule has 0 aliphatic carbocycles. The zero-order valence-electron chi connectivity index (χ0n) is 11.7. The Morgan fingerprint density at radius 3 is 3.00 bits per heavy atom. The van der Waals surface area contributed by atoms with Crippen molar-refractivity contribution in [2.45, 2.75) is 13.2 Å². The van der Waals surface area contributed by atoms with Crippen molar-refractivity contribution >= 4 is 22.9 Å². The van der Waals surface area contributed by atoms with E-state index in [0.717, 1.165) is 22.6 Å². The van der Waals surface area contributed by atoms with Crippen LogP contribution in [-0.4, -0.2) is 16.5 Å². The number of anilines is 1. The minimum absolute atomic E-state index is 0.613. The summed E-state index contributed by atoms with van der Waals surface area (Å²) >= 11 is 5.97. The summed E-state index contributed by atoms with van der Waals surface area (Å²) in [5.41, 5.74) is 4.06. The molecule has 21 heavy (non-hydrogen) atoms.